The van der Waals surface area contributed by atoms with Gasteiger partial charge in [0.05, 0.1) is 0 Å². The maximum Gasteiger partial charge on any atom is 0.127 e. The molecule has 1 unspecified atom stereocenters. The molecular formula is C16H17F2N3. The van der Waals surface area contributed by atoms with Crippen LogP contribution in [-0.2, 0) is 6.54 Å². The van der Waals surface area contributed by atoms with E-state index in [1.807, 2.05) is 18.3 Å². The monoisotopic (exact) mass is 289 g/mol. The van der Waals surface area contributed by atoms with E-state index in [1.165, 1.54) is 12.1 Å². The van der Waals surface area contributed by atoms with Crippen molar-refractivity contribution in [2.45, 2.75) is 12.6 Å². The van der Waals surface area contributed by atoms with Gasteiger partial charge >= 0.3 is 0 Å². The maximum absolute atomic E-state index is 13.8. The van der Waals surface area contributed by atoms with Crippen molar-refractivity contribution in [2.24, 2.45) is 0 Å². The van der Waals surface area contributed by atoms with Crippen LogP contribution in [-0.4, -0.2) is 29.5 Å². The number of nitrogens with zero attached hydrogens (tertiary/aromatic N) is 2. The average Bonchev–Trinajstić information content (AvgIpc) is 2.52. The second kappa shape index (κ2) is 6.28. The number of nitrogens with one attached hydrogen (secondary N) is 1. The van der Waals surface area contributed by atoms with Crippen LogP contribution in [0.15, 0.2) is 42.7 Å². The fourth-order valence-electron chi connectivity index (χ4n) is 2.72. The largest absolute Gasteiger partial charge is 0.314 e. The van der Waals surface area contributed by atoms with Crippen LogP contribution in [0, 0.1) is 11.6 Å². The van der Waals surface area contributed by atoms with E-state index in [4.69, 9.17) is 0 Å². The fourth-order valence-corrected chi connectivity index (χ4v) is 2.72. The zero-order chi connectivity index (χ0) is 14.7. The SMILES string of the molecule is Fc1ccc(F)c(CN2CCNCC2c2cccnc2)c1. The van der Waals surface area contributed by atoms with Gasteiger partial charge in [-0.25, -0.2) is 8.78 Å². The molecule has 0 spiro atoms. The number of hydrogen-bond acceptors (Lipinski definition) is 3. The highest BCUT2D eigenvalue weighted by molar-refractivity contribution is 5.21. The molecular weight excluding hydrogens is 272 g/mol. The zero-order valence-corrected chi connectivity index (χ0v) is 11.6. The second-order valence-corrected chi connectivity index (χ2v) is 5.21. The van der Waals surface area contributed by atoms with Gasteiger partial charge < -0.3 is 5.32 Å². The molecule has 1 aromatic carbocycles. The van der Waals surface area contributed by atoms with Crippen molar-refractivity contribution in [1.29, 1.82) is 0 Å². The molecule has 1 saturated heterocycles. The zero-order valence-electron chi connectivity index (χ0n) is 11.6. The molecule has 1 aromatic heterocycles. The Kier molecular flexibility index (Phi) is 4.22. The van der Waals surface area contributed by atoms with Gasteiger partial charge in [-0.1, -0.05) is 6.07 Å². The number of rotatable bonds is 3. The molecule has 1 N–H and O–H groups in total. The molecule has 110 valence electrons. The summed E-state index contributed by atoms with van der Waals surface area (Å²) in [5, 5.41) is 3.34. The van der Waals surface area contributed by atoms with Crippen molar-refractivity contribution < 1.29 is 8.78 Å². The van der Waals surface area contributed by atoms with E-state index in [0.717, 1.165) is 31.3 Å². The van der Waals surface area contributed by atoms with E-state index in [1.54, 1.807) is 6.20 Å². The van der Waals surface area contributed by atoms with Crippen LogP contribution in [0.4, 0.5) is 8.78 Å². The molecule has 0 aliphatic carbocycles. The van der Waals surface area contributed by atoms with Crippen LogP contribution in [0.5, 0.6) is 0 Å². The van der Waals surface area contributed by atoms with Crippen LogP contribution >= 0.6 is 0 Å². The van der Waals surface area contributed by atoms with E-state index in [9.17, 15) is 8.78 Å². The standard InChI is InChI=1S/C16H17F2N3/c17-14-3-4-15(18)13(8-14)11-21-7-6-20-10-16(21)12-2-1-5-19-9-12/h1-5,8-9,16,20H,6-7,10-11H2. The third-order valence-electron chi connectivity index (χ3n) is 3.80. The second-order valence-electron chi connectivity index (χ2n) is 5.21. The summed E-state index contributed by atoms with van der Waals surface area (Å²) in [6.07, 6.45) is 3.56. The highest BCUT2D eigenvalue weighted by Gasteiger charge is 2.24. The lowest BCUT2D eigenvalue weighted by molar-refractivity contribution is 0.151. The van der Waals surface area contributed by atoms with Gasteiger partial charge in [-0.3, -0.25) is 9.88 Å². The van der Waals surface area contributed by atoms with E-state index < -0.39 is 5.82 Å². The number of pyridine rings is 1. The predicted molar refractivity (Wildman–Crippen MR) is 76.6 cm³/mol. The highest BCUT2D eigenvalue weighted by Crippen LogP contribution is 2.24. The number of piperazine rings is 1. The first-order valence-corrected chi connectivity index (χ1v) is 7.02. The molecule has 3 rings (SSSR count). The molecule has 5 heteroatoms. The maximum atomic E-state index is 13.8. The predicted octanol–water partition coefficient (Wildman–Crippen LogP) is 2.51. The fraction of sp³-hybridized carbons (Fsp3) is 0.312. The first-order chi connectivity index (χ1) is 10.2. The molecule has 1 fully saturated rings. The van der Waals surface area contributed by atoms with Crippen molar-refractivity contribution in [2.75, 3.05) is 19.6 Å². The van der Waals surface area contributed by atoms with Crippen molar-refractivity contribution in [1.82, 2.24) is 15.2 Å². The Balaban J connectivity index is 1.83. The van der Waals surface area contributed by atoms with Crippen LogP contribution in [0.1, 0.15) is 17.2 Å². The molecule has 1 aliphatic heterocycles. The molecule has 21 heavy (non-hydrogen) atoms. The first kappa shape index (κ1) is 14.1. The van der Waals surface area contributed by atoms with Gasteiger partial charge in [-0.15, -0.1) is 0 Å². The van der Waals surface area contributed by atoms with Gasteiger partial charge in [-0.2, -0.15) is 0 Å². The Labute approximate surface area is 122 Å². The van der Waals surface area contributed by atoms with Crippen LogP contribution in [0.2, 0.25) is 0 Å². The van der Waals surface area contributed by atoms with Gasteiger partial charge in [0.15, 0.2) is 0 Å². The Morgan fingerprint density at radius 1 is 1.29 bits per heavy atom. The molecule has 0 saturated carbocycles. The highest BCUT2D eigenvalue weighted by atomic mass is 19.1. The lowest BCUT2D eigenvalue weighted by Gasteiger charge is -2.36. The van der Waals surface area contributed by atoms with Crippen molar-refractivity contribution in [3.05, 3.63) is 65.5 Å². The molecule has 0 bridgehead atoms. The minimum Gasteiger partial charge on any atom is -0.314 e. The van der Waals surface area contributed by atoms with E-state index in [0.29, 0.717) is 12.1 Å². The van der Waals surface area contributed by atoms with E-state index in [-0.39, 0.29) is 11.9 Å². The Bertz CT molecular complexity index is 604. The summed E-state index contributed by atoms with van der Waals surface area (Å²) in [4.78, 5) is 6.30. The van der Waals surface area contributed by atoms with Gasteiger partial charge in [0.1, 0.15) is 11.6 Å². The van der Waals surface area contributed by atoms with E-state index in [2.05, 4.69) is 15.2 Å². The molecule has 1 aliphatic rings. The summed E-state index contributed by atoms with van der Waals surface area (Å²) in [6.45, 7) is 2.80. The van der Waals surface area contributed by atoms with Crippen LogP contribution in [0.25, 0.3) is 0 Å². The van der Waals surface area contributed by atoms with Gasteiger partial charge in [0.25, 0.3) is 0 Å². The topological polar surface area (TPSA) is 28.2 Å². The molecule has 1 atom stereocenters. The van der Waals surface area contributed by atoms with Crippen LogP contribution < -0.4 is 5.32 Å². The van der Waals surface area contributed by atoms with Crippen molar-refractivity contribution in [3.8, 4) is 0 Å². The normalized spacial score (nSPS) is 19.6. The van der Waals surface area contributed by atoms with Crippen molar-refractivity contribution >= 4 is 0 Å². The average molecular weight is 289 g/mol. The summed E-state index contributed by atoms with van der Waals surface area (Å²) < 4.78 is 27.1. The third kappa shape index (κ3) is 3.25. The summed E-state index contributed by atoms with van der Waals surface area (Å²) in [5.74, 6) is -0.765. The van der Waals surface area contributed by atoms with Gasteiger partial charge in [-0.05, 0) is 29.8 Å². The Morgan fingerprint density at radius 2 is 2.19 bits per heavy atom. The van der Waals surface area contributed by atoms with E-state index >= 15 is 0 Å². The minimum atomic E-state index is -0.403. The van der Waals surface area contributed by atoms with Crippen LogP contribution in [0.3, 0.4) is 0 Å². The number of halogens is 2. The summed E-state index contributed by atoms with van der Waals surface area (Å²) in [6, 6.07) is 7.64. The van der Waals surface area contributed by atoms with Gasteiger partial charge in [0.2, 0.25) is 0 Å². The smallest absolute Gasteiger partial charge is 0.127 e. The molecule has 0 amide bonds. The lowest BCUT2D eigenvalue weighted by atomic mass is 10.0. The van der Waals surface area contributed by atoms with Gasteiger partial charge in [0, 0.05) is 50.2 Å². The quantitative estimate of drug-likeness (QED) is 0.941. The lowest BCUT2D eigenvalue weighted by Crippen LogP contribution is -2.45. The number of hydrogen-bond donors (Lipinski definition) is 1. The van der Waals surface area contributed by atoms with Crippen molar-refractivity contribution in [3.63, 3.8) is 0 Å². The third-order valence-corrected chi connectivity index (χ3v) is 3.80. The first-order valence-electron chi connectivity index (χ1n) is 7.02. The molecule has 3 nitrogen and oxygen atoms in total. The Hall–Kier alpha value is -1.85. The number of benzene rings is 1. The number of aromatic nitrogens is 1. The molecule has 0 radical (unpaired) electrons. The summed E-state index contributed by atoms with van der Waals surface area (Å²) >= 11 is 0. The summed E-state index contributed by atoms with van der Waals surface area (Å²) in [5.41, 5.74) is 1.48. The summed E-state index contributed by atoms with van der Waals surface area (Å²) in [7, 11) is 0. The Morgan fingerprint density at radius 3 is 3.00 bits per heavy atom. The minimum absolute atomic E-state index is 0.120. The molecule has 2 aromatic rings. The molecule has 2 heterocycles.